The van der Waals surface area contributed by atoms with E-state index < -0.39 is 6.04 Å². The Bertz CT molecular complexity index is 966. The molecule has 2 amide bonds. The third-order valence-electron chi connectivity index (χ3n) is 6.20. The summed E-state index contributed by atoms with van der Waals surface area (Å²) in [6, 6.07) is 30.0. The molecule has 1 unspecified atom stereocenters. The maximum absolute atomic E-state index is 13.8. The van der Waals surface area contributed by atoms with Gasteiger partial charge in [0, 0.05) is 25.4 Å². The quantitative estimate of drug-likeness (QED) is 0.386. The molecule has 1 N–H and O–H groups in total. The van der Waals surface area contributed by atoms with Gasteiger partial charge in [-0.25, -0.2) is 0 Å². The first-order valence-electron chi connectivity index (χ1n) is 12.3. The maximum atomic E-state index is 13.8. The van der Waals surface area contributed by atoms with E-state index in [1.54, 1.807) is 4.90 Å². The molecule has 3 rings (SSSR count). The Morgan fingerprint density at radius 2 is 1.32 bits per heavy atom. The van der Waals surface area contributed by atoms with E-state index in [1.807, 2.05) is 68.4 Å². The highest BCUT2D eigenvalue weighted by molar-refractivity contribution is 5.88. The van der Waals surface area contributed by atoms with Crippen molar-refractivity contribution in [3.63, 3.8) is 0 Å². The predicted molar refractivity (Wildman–Crippen MR) is 139 cm³/mol. The standard InChI is InChI=1S/C30H36N2O2/c1-3-21-31-30(34)28(4-2)32(22-20-24-14-8-5-9-15-24)29(33)23-27(25-16-10-6-11-17-25)26-18-12-7-13-19-26/h5-19,27-28H,3-4,20-23H2,1-2H3,(H,31,34). The summed E-state index contributed by atoms with van der Waals surface area (Å²) in [5.74, 6) is -0.126. The molecule has 0 saturated heterocycles. The van der Waals surface area contributed by atoms with Gasteiger partial charge in [0.15, 0.2) is 0 Å². The lowest BCUT2D eigenvalue weighted by atomic mass is 9.88. The first-order chi connectivity index (χ1) is 16.6. The van der Waals surface area contributed by atoms with Crippen LogP contribution in [-0.4, -0.2) is 35.8 Å². The summed E-state index contributed by atoms with van der Waals surface area (Å²) in [5.41, 5.74) is 3.37. The minimum absolute atomic E-state index is 0.00661. The number of hydrogen-bond donors (Lipinski definition) is 1. The van der Waals surface area contributed by atoms with Crippen LogP contribution in [0.5, 0.6) is 0 Å². The summed E-state index contributed by atoms with van der Waals surface area (Å²) in [6.07, 6.45) is 2.48. The minimum Gasteiger partial charge on any atom is -0.354 e. The number of nitrogens with one attached hydrogen (secondary N) is 1. The molecular formula is C30H36N2O2. The third kappa shape index (κ3) is 7.05. The van der Waals surface area contributed by atoms with E-state index in [9.17, 15) is 9.59 Å². The molecule has 0 saturated carbocycles. The topological polar surface area (TPSA) is 49.4 Å². The van der Waals surface area contributed by atoms with Crippen LogP contribution in [0.4, 0.5) is 0 Å². The molecule has 0 aliphatic rings. The van der Waals surface area contributed by atoms with Crippen molar-refractivity contribution in [3.05, 3.63) is 108 Å². The zero-order valence-electron chi connectivity index (χ0n) is 20.3. The molecule has 178 valence electrons. The molecule has 0 heterocycles. The van der Waals surface area contributed by atoms with Crippen LogP contribution in [0.15, 0.2) is 91.0 Å². The molecule has 0 aliphatic heterocycles. The first kappa shape index (κ1) is 25.2. The largest absolute Gasteiger partial charge is 0.354 e. The van der Waals surface area contributed by atoms with Crippen molar-refractivity contribution in [3.8, 4) is 0 Å². The van der Waals surface area contributed by atoms with E-state index in [-0.39, 0.29) is 17.7 Å². The van der Waals surface area contributed by atoms with Crippen LogP contribution in [0, 0.1) is 0 Å². The molecule has 0 bridgehead atoms. The van der Waals surface area contributed by atoms with Gasteiger partial charge in [0.2, 0.25) is 11.8 Å². The molecule has 4 heteroatoms. The molecule has 0 spiro atoms. The van der Waals surface area contributed by atoms with Crippen LogP contribution in [0.3, 0.4) is 0 Å². The maximum Gasteiger partial charge on any atom is 0.242 e. The van der Waals surface area contributed by atoms with Crippen molar-refractivity contribution in [1.82, 2.24) is 10.2 Å². The van der Waals surface area contributed by atoms with Crippen molar-refractivity contribution in [2.24, 2.45) is 0 Å². The van der Waals surface area contributed by atoms with E-state index in [1.165, 1.54) is 0 Å². The van der Waals surface area contributed by atoms with Gasteiger partial charge in [-0.15, -0.1) is 0 Å². The predicted octanol–water partition coefficient (Wildman–Crippen LogP) is 5.58. The Hall–Kier alpha value is -3.40. The first-order valence-corrected chi connectivity index (χ1v) is 12.3. The highest BCUT2D eigenvalue weighted by Crippen LogP contribution is 2.29. The number of benzene rings is 3. The fourth-order valence-corrected chi connectivity index (χ4v) is 4.35. The molecule has 3 aromatic carbocycles. The number of carbonyl (C=O) groups excluding carboxylic acids is 2. The van der Waals surface area contributed by atoms with Gasteiger partial charge in [0.25, 0.3) is 0 Å². The van der Waals surface area contributed by atoms with Crippen LogP contribution in [0.25, 0.3) is 0 Å². The molecule has 1 atom stereocenters. The number of amides is 2. The second-order valence-corrected chi connectivity index (χ2v) is 8.62. The van der Waals surface area contributed by atoms with Gasteiger partial charge in [-0.1, -0.05) is 105 Å². The van der Waals surface area contributed by atoms with Gasteiger partial charge in [-0.2, -0.15) is 0 Å². The van der Waals surface area contributed by atoms with Crippen LogP contribution < -0.4 is 5.32 Å². The van der Waals surface area contributed by atoms with Gasteiger partial charge in [-0.05, 0) is 36.0 Å². The van der Waals surface area contributed by atoms with Crippen LogP contribution in [0.2, 0.25) is 0 Å². The highest BCUT2D eigenvalue weighted by Gasteiger charge is 2.30. The summed E-state index contributed by atoms with van der Waals surface area (Å²) in [5, 5.41) is 3.00. The summed E-state index contributed by atoms with van der Waals surface area (Å²) >= 11 is 0. The Labute approximate surface area is 204 Å². The summed E-state index contributed by atoms with van der Waals surface area (Å²) in [4.78, 5) is 28.7. The molecule has 0 fully saturated rings. The lowest BCUT2D eigenvalue weighted by molar-refractivity contribution is -0.140. The molecule has 0 aliphatic carbocycles. The molecule has 0 aromatic heterocycles. The van der Waals surface area contributed by atoms with Gasteiger partial charge >= 0.3 is 0 Å². The SMILES string of the molecule is CCCNC(=O)C(CC)N(CCc1ccccc1)C(=O)CC(c1ccccc1)c1ccccc1. The van der Waals surface area contributed by atoms with Gasteiger partial charge < -0.3 is 10.2 Å². The summed E-state index contributed by atoms with van der Waals surface area (Å²) in [6.45, 7) is 5.14. The highest BCUT2D eigenvalue weighted by atomic mass is 16.2. The van der Waals surface area contributed by atoms with Gasteiger partial charge in [0.05, 0.1) is 0 Å². The Balaban J connectivity index is 1.87. The van der Waals surface area contributed by atoms with Crippen LogP contribution in [0.1, 0.15) is 55.7 Å². The monoisotopic (exact) mass is 456 g/mol. The fraction of sp³-hybridized carbons (Fsp3) is 0.333. The number of carbonyl (C=O) groups is 2. The normalized spacial score (nSPS) is 11.7. The van der Waals surface area contributed by atoms with Crippen molar-refractivity contribution in [1.29, 1.82) is 0 Å². The van der Waals surface area contributed by atoms with Gasteiger partial charge in [-0.3, -0.25) is 9.59 Å². The number of nitrogens with zero attached hydrogens (tertiary/aromatic N) is 1. The smallest absolute Gasteiger partial charge is 0.242 e. The van der Waals surface area contributed by atoms with Crippen molar-refractivity contribution >= 4 is 11.8 Å². The van der Waals surface area contributed by atoms with E-state index in [0.717, 1.165) is 23.1 Å². The Morgan fingerprint density at radius 1 is 0.794 bits per heavy atom. The van der Waals surface area contributed by atoms with Crippen molar-refractivity contribution in [2.75, 3.05) is 13.1 Å². The zero-order valence-corrected chi connectivity index (χ0v) is 20.3. The number of rotatable bonds is 12. The van der Waals surface area contributed by atoms with Crippen molar-refractivity contribution < 1.29 is 9.59 Å². The van der Waals surface area contributed by atoms with E-state index in [4.69, 9.17) is 0 Å². The van der Waals surface area contributed by atoms with Crippen LogP contribution >= 0.6 is 0 Å². The lowest BCUT2D eigenvalue weighted by Gasteiger charge is -2.32. The molecular weight excluding hydrogens is 420 g/mol. The average Bonchev–Trinajstić information content (AvgIpc) is 2.89. The van der Waals surface area contributed by atoms with E-state index in [2.05, 4.69) is 41.7 Å². The molecule has 3 aromatic rings. The second-order valence-electron chi connectivity index (χ2n) is 8.62. The average molecular weight is 457 g/mol. The fourth-order valence-electron chi connectivity index (χ4n) is 4.35. The molecule has 4 nitrogen and oxygen atoms in total. The third-order valence-corrected chi connectivity index (χ3v) is 6.20. The zero-order chi connectivity index (χ0) is 24.2. The molecule has 34 heavy (non-hydrogen) atoms. The minimum atomic E-state index is -0.477. The Morgan fingerprint density at radius 3 is 1.82 bits per heavy atom. The van der Waals surface area contributed by atoms with E-state index in [0.29, 0.717) is 32.4 Å². The van der Waals surface area contributed by atoms with Crippen molar-refractivity contribution in [2.45, 2.75) is 51.5 Å². The number of hydrogen-bond acceptors (Lipinski definition) is 2. The second kappa shape index (κ2) is 13.3. The summed E-state index contributed by atoms with van der Waals surface area (Å²) in [7, 11) is 0. The molecule has 0 radical (unpaired) electrons. The van der Waals surface area contributed by atoms with E-state index >= 15 is 0 Å². The summed E-state index contributed by atoms with van der Waals surface area (Å²) < 4.78 is 0. The lowest BCUT2D eigenvalue weighted by Crippen LogP contribution is -2.50. The van der Waals surface area contributed by atoms with Gasteiger partial charge in [0.1, 0.15) is 6.04 Å². The Kier molecular flexibility index (Phi) is 9.90. The van der Waals surface area contributed by atoms with Crippen LogP contribution in [-0.2, 0) is 16.0 Å².